The second-order valence-electron chi connectivity index (χ2n) is 9.91. The third-order valence-corrected chi connectivity index (χ3v) is 7.27. The maximum atomic E-state index is 12.2. The number of thiocarbonyl (C=S) groups is 1. The Morgan fingerprint density at radius 3 is 2.29 bits per heavy atom. The monoisotopic (exact) mass is 482 g/mol. The minimum absolute atomic E-state index is 0.149. The Morgan fingerprint density at radius 2 is 1.66 bits per heavy atom. The summed E-state index contributed by atoms with van der Waals surface area (Å²) < 4.78 is 0. The first kappa shape index (κ1) is 25.0. The number of carbonyl (C=O) groups is 1. The van der Waals surface area contributed by atoms with Gasteiger partial charge in [-0.05, 0) is 84.4 Å². The summed E-state index contributed by atoms with van der Waals surface area (Å²) >= 11 is 5.82. The van der Waals surface area contributed by atoms with Crippen LogP contribution in [0.15, 0.2) is 73.6 Å². The largest absolute Gasteiger partial charge is 0.350 e. The van der Waals surface area contributed by atoms with Crippen molar-refractivity contribution in [1.82, 2.24) is 10.3 Å². The SMILES string of the molecule is C=C(NC(=S)CC1(CC(C)=O)Cc2ccccc2C1)c1ccc(CCc2ccncc2)cc1CC. The number of ketones is 1. The first-order valence-electron chi connectivity index (χ1n) is 12.4. The van der Waals surface area contributed by atoms with Crippen molar-refractivity contribution >= 4 is 28.7 Å². The normalized spacial score (nSPS) is 13.8. The van der Waals surface area contributed by atoms with Gasteiger partial charge in [0.2, 0.25) is 0 Å². The first-order valence-corrected chi connectivity index (χ1v) is 12.8. The molecule has 1 heterocycles. The van der Waals surface area contributed by atoms with Crippen LogP contribution in [-0.2, 0) is 36.9 Å². The molecule has 0 fully saturated rings. The van der Waals surface area contributed by atoms with Crippen molar-refractivity contribution in [2.24, 2.45) is 5.41 Å². The highest BCUT2D eigenvalue weighted by atomic mass is 32.1. The number of fused-ring (bicyclic) bond motifs is 1. The number of nitrogens with zero attached hydrogens (tertiary/aromatic N) is 1. The molecule has 4 heteroatoms. The van der Waals surface area contributed by atoms with Crippen LogP contribution >= 0.6 is 12.2 Å². The summed E-state index contributed by atoms with van der Waals surface area (Å²) in [6.45, 7) is 8.18. The van der Waals surface area contributed by atoms with Crippen LogP contribution in [0.1, 0.15) is 60.1 Å². The summed E-state index contributed by atoms with van der Waals surface area (Å²) in [4.78, 5) is 17.0. The molecule has 1 aliphatic carbocycles. The fourth-order valence-electron chi connectivity index (χ4n) is 5.46. The topological polar surface area (TPSA) is 42.0 Å². The van der Waals surface area contributed by atoms with Crippen LogP contribution in [0, 0.1) is 5.41 Å². The van der Waals surface area contributed by atoms with Gasteiger partial charge in [0.25, 0.3) is 0 Å². The van der Waals surface area contributed by atoms with Gasteiger partial charge in [-0.2, -0.15) is 0 Å². The minimum atomic E-state index is -0.149. The summed E-state index contributed by atoms with van der Waals surface area (Å²) in [5.41, 5.74) is 8.36. The van der Waals surface area contributed by atoms with Crippen LogP contribution in [0.4, 0.5) is 0 Å². The van der Waals surface area contributed by atoms with Gasteiger partial charge in [-0.1, -0.05) is 68.2 Å². The Bertz CT molecular complexity index is 1210. The number of benzene rings is 2. The van der Waals surface area contributed by atoms with E-state index in [1.165, 1.54) is 27.8 Å². The Balaban J connectivity index is 1.42. The van der Waals surface area contributed by atoms with E-state index in [4.69, 9.17) is 12.2 Å². The lowest BCUT2D eigenvalue weighted by molar-refractivity contribution is -0.119. The molecule has 3 nitrogen and oxygen atoms in total. The molecule has 0 radical (unpaired) electrons. The van der Waals surface area contributed by atoms with E-state index in [2.05, 4.69) is 78.4 Å². The fraction of sp³-hybridized carbons (Fsp3) is 0.323. The maximum absolute atomic E-state index is 12.2. The van der Waals surface area contributed by atoms with E-state index < -0.39 is 0 Å². The summed E-state index contributed by atoms with van der Waals surface area (Å²) in [6.07, 6.45) is 9.61. The third-order valence-electron chi connectivity index (χ3n) is 7.03. The summed E-state index contributed by atoms with van der Waals surface area (Å²) in [5, 5.41) is 3.42. The number of aryl methyl sites for hydroxylation is 3. The van der Waals surface area contributed by atoms with Crippen LogP contribution in [0.2, 0.25) is 0 Å². The van der Waals surface area contributed by atoms with Crippen molar-refractivity contribution in [3.63, 3.8) is 0 Å². The van der Waals surface area contributed by atoms with Gasteiger partial charge < -0.3 is 10.1 Å². The number of aromatic nitrogens is 1. The molecule has 0 spiro atoms. The zero-order chi connectivity index (χ0) is 24.8. The second-order valence-corrected chi connectivity index (χ2v) is 10.4. The Kier molecular flexibility index (Phi) is 7.92. The quantitative estimate of drug-likeness (QED) is 0.336. The number of pyridine rings is 1. The lowest BCUT2D eigenvalue weighted by atomic mass is 9.77. The number of hydrogen-bond acceptors (Lipinski definition) is 3. The summed E-state index contributed by atoms with van der Waals surface area (Å²) in [6, 6.07) is 19.3. The molecule has 0 amide bonds. The van der Waals surface area contributed by atoms with E-state index in [0.717, 1.165) is 48.4 Å². The van der Waals surface area contributed by atoms with Crippen LogP contribution in [0.25, 0.3) is 5.70 Å². The van der Waals surface area contributed by atoms with Gasteiger partial charge in [0.1, 0.15) is 5.78 Å². The summed E-state index contributed by atoms with van der Waals surface area (Å²) in [5.74, 6) is 0.218. The molecule has 0 unspecified atom stereocenters. The first-order chi connectivity index (χ1) is 16.9. The highest BCUT2D eigenvalue weighted by molar-refractivity contribution is 7.80. The average molecular weight is 483 g/mol. The molecule has 35 heavy (non-hydrogen) atoms. The van der Waals surface area contributed by atoms with Crippen LogP contribution < -0.4 is 5.32 Å². The Labute approximate surface area is 214 Å². The highest BCUT2D eigenvalue weighted by Gasteiger charge is 2.39. The Morgan fingerprint density at radius 1 is 1.00 bits per heavy atom. The van der Waals surface area contributed by atoms with Crippen LogP contribution in [0.3, 0.4) is 0 Å². The van der Waals surface area contributed by atoms with Crippen molar-refractivity contribution in [3.8, 4) is 0 Å². The van der Waals surface area contributed by atoms with Crippen molar-refractivity contribution in [2.75, 3.05) is 0 Å². The van der Waals surface area contributed by atoms with E-state index >= 15 is 0 Å². The number of Topliss-reactive ketones (excluding diaryl/α,β-unsaturated/α-hetero) is 1. The van der Waals surface area contributed by atoms with E-state index in [0.29, 0.717) is 12.8 Å². The molecular formula is C31H34N2OS. The van der Waals surface area contributed by atoms with Crippen LogP contribution in [0.5, 0.6) is 0 Å². The molecule has 1 aliphatic rings. The predicted molar refractivity (Wildman–Crippen MR) is 148 cm³/mol. The van der Waals surface area contributed by atoms with Gasteiger partial charge in [0.05, 0.1) is 4.99 Å². The van der Waals surface area contributed by atoms with Gasteiger partial charge in [-0.15, -0.1) is 0 Å². The smallest absolute Gasteiger partial charge is 0.130 e. The number of nitrogens with one attached hydrogen (secondary N) is 1. The van der Waals surface area contributed by atoms with Gasteiger partial charge in [0, 0.05) is 36.5 Å². The predicted octanol–water partition coefficient (Wildman–Crippen LogP) is 6.47. The molecule has 0 atom stereocenters. The molecule has 0 saturated heterocycles. The van der Waals surface area contributed by atoms with Gasteiger partial charge in [-0.25, -0.2) is 0 Å². The molecule has 0 aliphatic heterocycles. The van der Waals surface area contributed by atoms with Gasteiger partial charge in [0.15, 0.2) is 0 Å². The Hall–Kier alpha value is -3.11. The molecule has 2 aromatic carbocycles. The zero-order valence-corrected chi connectivity index (χ0v) is 21.6. The molecule has 1 aromatic heterocycles. The lowest BCUT2D eigenvalue weighted by Gasteiger charge is -2.29. The van der Waals surface area contributed by atoms with Gasteiger partial charge >= 0.3 is 0 Å². The van der Waals surface area contributed by atoms with Crippen molar-refractivity contribution in [2.45, 2.75) is 58.8 Å². The van der Waals surface area contributed by atoms with E-state index in [1.54, 1.807) is 6.92 Å². The molecule has 0 bridgehead atoms. The number of carbonyl (C=O) groups excluding carboxylic acids is 1. The highest BCUT2D eigenvalue weighted by Crippen LogP contribution is 2.43. The van der Waals surface area contributed by atoms with Crippen LogP contribution in [-0.4, -0.2) is 15.8 Å². The zero-order valence-electron chi connectivity index (χ0n) is 20.8. The lowest BCUT2D eigenvalue weighted by Crippen LogP contribution is -2.32. The molecule has 4 rings (SSSR count). The maximum Gasteiger partial charge on any atom is 0.130 e. The minimum Gasteiger partial charge on any atom is -0.350 e. The fourth-order valence-corrected chi connectivity index (χ4v) is 5.89. The standard InChI is InChI=1S/C31H34N2OS/c1-4-26-17-25(10-9-24-13-15-32-16-14-24)11-12-29(26)23(3)33-30(35)21-31(18-22(2)34)19-27-7-5-6-8-28(27)20-31/h5-8,11-17H,3-4,9-10,18-21H2,1-2H3,(H,33,35). The summed E-state index contributed by atoms with van der Waals surface area (Å²) in [7, 11) is 0. The van der Waals surface area contributed by atoms with Gasteiger partial charge in [-0.3, -0.25) is 4.98 Å². The van der Waals surface area contributed by atoms with Crippen molar-refractivity contribution < 1.29 is 4.79 Å². The number of rotatable bonds is 10. The molecule has 1 N–H and O–H groups in total. The third kappa shape index (κ3) is 6.32. The molecule has 0 saturated carbocycles. The van der Waals surface area contributed by atoms with E-state index in [-0.39, 0.29) is 11.2 Å². The molecule has 3 aromatic rings. The average Bonchev–Trinajstić information content (AvgIpc) is 3.19. The molecule has 180 valence electrons. The molecular weight excluding hydrogens is 448 g/mol. The van der Waals surface area contributed by atoms with Crippen molar-refractivity contribution in [1.29, 1.82) is 0 Å². The van der Waals surface area contributed by atoms with Crippen molar-refractivity contribution in [3.05, 3.63) is 107 Å². The van der Waals surface area contributed by atoms with E-state index in [9.17, 15) is 4.79 Å². The second kappa shape index (κ2) is 11.1. The van der Waals surface area contributed by atoms with E-state index in [1.807, 2.05) is 12.4 Å². The number of hydrogen-bond donors (Lipinski definition) is 1.